The molecule has 0 aromatic carbocycles. The third kappa shape index (κ3) is 2.78. The van der Waals surface area contributed by atoms with Crippen molar-refractivity contribution in [3.8, 4) is 0 Å². The Hall–Kier alpha value is -2.28. The van der Waals surface area contributed by atoms with Crippen molar-refractivity contribution in [2.24, 2.45) is 0 Å². The van der Waals surface area contributed by atoms with Gasteiger partial charge in [-0.25, -0.2) is 4.98 Å². The molecule has 1 amide bonds. The van der Waals surface area contributed by atoms with Crippen molar-refractivity contribution in [2.45, 2.75) is 25.3 Å². The maximum absolute atomic E-state index is 12.5. The van der Waals surface area contributed by atoms with Crippen molar-refractivity contribution in [2.75, 3.05) is 13.2 Å². The number of hydrogen-bond acceptors (Lipinski definition) is 5. The summed E-state index contributed by atoms with van der Waals surface area (Å²) in [5.74, 6) is -0.114. The van der Waals surface area contributed by atoms with E-state index < -0.39 is 0 Å². The van der Waals surface area contributed by atoms with Crippen LogP contribution in [0.2, 0.25) is 0 Å². The van der Waals surface area contributed by atoms with Gasteiger partial charge >= 0.3 is 0 Å². The number of likely N-dealkylation sites (tertiary alicyclic amines) is 1. The Bertz CT molecular complexity index is 613. The van der Waals surface area contributed by atoms with E-state index in [0.717, 1.165) is 24.2 Å². The summed E-state index contributed by atoms with van der Waals surface area (Å²) in [6.45, 7) is 0.775. The molecule has 7 nitrogen and oxygen atoms in total. The van der Waals surface area contributed by atoms with E-state index in [9.17, 15) is 4.79 Å². The lowest BCUT2D eigenvalue weighted by molar-refractivity contribution is 0.0726. The molecule has 2 N–H and O–H groups in total. The first-order valence-corrected chi connectivity index (χ1v) is 7.01. The molecule has 1 aliphatic heterocycles. The number of aliphatic hydroxyl groups excluding tert-OH is 1. The zero-order chi connectivity index (χ0) is 14.7. The van der Waals surface area contributed by atoms with Gasteiger partial charge < -0.3 is 10.0 Å². The molecule has 3 heterocycles. The molecule has 2 aromatic rings. The van der Waals surface area contributed by atoms with Gasteiger partial charge in [-0.05, 0) is 18.9 Å². The topological polar surface area (TPSA) is 95.0 Å². The van der Waals surface area contributed by atoms with Gasteiger partial charge in [-0.2, -0.15) is 5.10 Å². The van der Waals surface area contributed by atoms with Gasteiger partial charge in [0.05, 0.1) is 17.9 Å². The molecule has 0 saturated carbocycles. The summed E-state index contributed by atoms with van der Waals surface area (Å²) in [5, 5.41) is 16.1. The van der Waals surface area contributed by atoms with Crippen LogP contribution in [0.3, 0.4) is 0 Å². The molecule has 1 atom stereocenters. The van der Waals surface area contributed by atoms with Crippen LogP contribution in [0.25, 0.3) is 0 Å². The van der Waals surface area contributed by atoms with Crippen LogP contribution in [0.4, 0.5) is 0 Å². The lowest BCUT2D eigenvalue weighted by Gasteiger charge is -2.22. The van der Waals surface area contributed by atoms with Crippen LogP contribution in [-0.4, -0.2) is 49.2 Å². The fraction of sp³-hybridized carbons (Fsp3) is 0.429. The number of aliphatic hydroxyl groups is 1. The second-order valence-electron chi connectivity index (χ2n) is 5.04. The zero-order valence-corrected chi connectivity index (χ0v) is 11.6. The molecule has 1 fully saturated rings. The van der Waals surface area contributed by atoms with E-state index in [2.05, 4.69) is 20.2 Å². The molecule has 21 heavy (non-hydrogen) atoms. The summed E-state index contributed by atoms with van der Waals surface area (Å²) in [7, 11) is 0. The number of nitrogens with zero attached hydrogens (tertiary/aromatic N) is 4. The summed E-state index contributed by atoms with van der Waals surface area (Å²) < 4.78 is 0. The largest absolute Gasteiger partial charge is 0.396 e. The van der Waals surface area contributed by atoms with E-state index >= 15 is 0 Å². The van der Waals surface area contributed by atoms with Crippen molar-refractivity contribution >= 4 is 5.91 Å². The Morgan fingerprint density at radius 1 is 1.48 bits per heavy atom. The average Bonchev–Trinajstić information content (AvgIpc) is 3.16. The standard InChI is InChI=1S/C14H17N5O2/c20-7-3-10-8-11(18-17-10)13-2-1-6-19(13)14(21)12-9-15-4-5-16-12/h4-5,8-9,13,20H,1-3,6-7H2,(H,17,18)/t13-/m1/s1. The number of carbonyl (C=O) groups excluding carboxylic acids is 1. The Morgan fingerprint density at radius 2 is 2.38 bits per heavy atom. The summed E-state index contributed by atoms with van der Waals surface area (Å²) in [5.41, 5.74) is 2.08. The normalized spacial score (nSPS) is 18.1. The Balaban J connectivity index is 1.80. The molecular formula is C14H17N5O2. The lowest BCUT2D eigenvalue weighted by atomic mass is 10.1. The fourth-order valence-electron chi connectivity index (χ4n) is 2.67. The quantitative estimate of drug-likeness (QED) is 0.863. The number of aromatic amines is 1. The van der Waals surface area contributed by atoms with E-state index in [1.54, 1.807) is 11.1 Å². The summed E-state index contributed by atoms with van der Waals surface area (Å²) in [6, 6.07) is 1.88. The van der Waals surface area contributed by atoms with Crippen LogP contribution in [0.15, 0.2) is 24.7 Å². The second-order valence-corrected chi connectivity index (χ2v) is 5.04. The number of rotatable bonds is 4. The monoisotopic (exact) mass is 287 g/mol. The predicted octanol–water partition coefficient (Wildman–Crippen LogP) is 0.712. The highest BCUT2D eigenvalue weighted by Gasteiger charge is 2.32. The number of carbonyl (C=O) groups is 1. The smallest absolute Gasteiger partial charge is 0.274 e. The second kappa shape index (κ2) is 6.01. The first-order chi connectivity index (χ1) is 10.3. The van der Waals surface area contributed by atoms with Crippen LogP contribution in [0.5, 0.6) is 0 Å². The number of nitrogens with one attached hydrogen (secondary N) is 1. The predicted molar refractivity (Wildman–Crippen MR) is 74.4 cm³/mol. The minimum absolute atomic E-state index is 0.0387. The van der Waals surface area contributed by atoms with Gasteiger partial charge in [0.1, 0.15) is 5.69 Å². The van der Waals surface area contributed by atoms with Gasteiger partial charge in [0.15, 0.2) is 0 Å². The molecule has 0 unspecified atom stereocenters. The maximum Gasteiger partial charge on any atom is 0.274 e. The van der Waals surface area contributed by atoms with Crippen LogP contribution < -0.4 is 0 Å². The van der Waals surface area contributed by atoms with Crippen molar-refractivity contribution in [1.82, 2.24) is 25.1 Å². The van der Waals surface area contributed by atoms with Gasteiger partial charge in [0.25, 0.3) is 5.91 Å². The van der Waals surface area contributed by atoms with Crippen LogP contribution in [0, 0.1) is 0 Å². The summed E-state index contributed by atoms with van der Waals surface area (Å²) in [6.07, 6.45) is 6.92. The van der Waals surface area contributed by atoms with E-state index in [1.807, 2.05) is 6.07 Å². The van der Waals surface area contributed by atoms with Crippen molar-refractivity contribution in [3.05, 3.63) is 41.7 Å². The van der Waals surface area contributed by atoms with Crippen LogP contribution >= 0.6 is 0 Å². The van der Waals surface area contributed by atoms with Crippen molar-refractivity contribution in [3.63, 3.8) is 0 Å². The van der Waals surface area contributed by atoms with Crippen LogP contribution in [0.1, 0.15) is 40.8 Å². The number of hydrogen-bond donors (Lipinski definition) is 2. The number of aromatic nitrogens is 4. The van der Waals surface area contributed by atoms with Gasteiger partial charge in [-0.15, -0.1) is 0 Å². The zero-order valence-electron chi connectivity index (χ0n) is 11.6. The third-order valence-electron chi connectivity index (χ3n) is 3.67. The third-order valence-corrected chi connectivity index (χ3v) is 3.67. The Labute approximate surface area is 122 Å². The minimum atomic E-state index is -0.114. The highest BCUT2D eigenvalue weighted by atomic mass is 16.3. The maximum atomic E-state index is 12.5. The van der Waals surface area contributed by atoms with Gasteiger partial charge in [-0.3, -0.25) is 14.9 Å². The molecule has 0 spiro atoms. The first kappa shape index (κ1) is 13.7. The highest BCUT2D eigenvalue weighted by Crippen LogP contribution is 2.32. The van der Waals surface area contributed by atoms with E-state index in [1.165, 1.54) is 12.4 Å². The molecular weight excluding hydrogens is 270 g/mol. The van der Waals surface area contributed by atoms with Gasteiger partial charge in [0.2, 0.25) is 0 Å². The van der Waals surface area contributed by atoms with E-state index in [4.69, 9.17) is 5.11 Å². The van der Waals surface area contributed by atoms with E-state index in [0.29, 0.717) is 18.7 Å². The molecule has 3 rings (SSSR count). The summed E-state index contributed by atoms with van der Waals surface area (Å²) >= 11 is 0. The first-order valence-electron chi connectivity index (χ1n) is 7.01. The Morgan fingerprint density at radius 3 is 3.14 bits per heavy atom. The molecule has 0 aliphatic carbocycles. The number of H-pyrrole nitrogens is 1. The fourth-order valence-corrected chi connectivity index (χ4v) is 2.67. The molecule has 1 saturated heterocycles. The van der Waals surface area contributed by atoms with Crippen molar-refractivity contribution in [1.29, 1.82) is 0 Å². The molecule has 110 valence electrons. The Kier molecular flexibility index (Phi) is 3.92. The average molecular weight is 287 g/mol. The van der Waals surface area contributed by atoms with E-state index in [-0.39, 0.29) is 18.6 Å². The van der Waals surface area contributed by atoms with Crippen LogP contribution in [-0.2, 0) is 6.42 Å². The van der Waals surface area contributed by atoms with Crippen molar-refractivity contribution < 1.29 is 9.90 Å². The molecule has 0 radical (unpaired) electrons. The molecule has 2 aromatic heterocycles. The highest BCUT2D eigenvalue weighted by molar-refractivity contribution is 5.92. The number of amides is 1. The molecule has 7 heteroatoms. The SMILES string of the molecule is O=C(c1cnccn1)N1CCC[C@@H]1c1cc(CCO)[nH]n1. The lowest BCUT2D eigenvalue weighted by Crippen LogP contribution is -2.31. The molecule has 1 aliphatic rings. The molecule has 0 bridgehead atoms. The summed E-state index contributed by atoms with van der Waals surface area (Å²) in [4.78, 5) is 22.3. The van der Waals surface area contributed by atoms with Gasteiger partial charge in [0, 0.05) is 37.7 Å². The minimum Gasteiger partial charge on any atom is -0.396 e. The van der Waals surface area contributed by atoms with Gasteiger partial charge in [-0.1, -0.05) is 0 Å².